The molecule has 6 nitrogen and oxygen atoms in total. The molecule has 7 heteroatoms. The number of hydrogen-bond donors (Lipinski definition) is 2. The average molecular weight is 436 g/mol. The number of aromatic amines is 1. The zero-order valence-corrected chi connectivity index (χ0v) is 18.0. The molecule has 1 aliphatic heterocycles. The molecule has 160 valence electrons. The molecule has 0 amide bonds. The van der Waals surface area contributed by atoms with Gasteiger partial charge in [0.2, 0.25) is 6.79 Å². The second kappa shape index (κ2) is 8.59. The first kappa shape index (κ1) is 19.9. The van der Waals surface area contributed by atoms with E-state index in [9.17, 15) is 4.79 Å². The number of thiocarbonyl (C=S) groups is 1. The summed E-state index contributed by atoms with van der Waals surface area (Å²) < 4.78 is 10.9. The highest BCUT2D eigenvalue weighted by molar-refractivity contribution is 7.80. The molecule has 0 bridgehead atoms. The molecule has 0 spiro atoms. The van der Waals surface area contributed by atoms with Gasteiger partial charge in [0.1, 0.15) is 0 Å². The molecule has 0 radical (unpaired) electrons. The molecule has 1 saturated carbocycles. The lowest BCUT2D eigenvalue weighted by Crippen LogP contribution is -2.44. The Morgan fingerprint density at radius 1 is 1.06 bits per heavy atom. The highest BCUT2D eigenvalue weighted by Gasteiger charge is 2.25. The number of anilines is 1. The van der Waals surface area contributed by atoms with Gasteiger partial charge in [-0.2, -0.15) is 0 Å². The normalized spacial score (nSPS) is 15.7. The van der Waals surface area contributed by atoms with Gasteiger partial charge in [0.05, 0.1) is 12.1 Å². The highest BCUT2D eigenvalue weighted by Crippen LogP contribution is 2.35. The van der Waals surface area contributed by atoms with Crippen LogP contribution in [0.1, 0.15) is 37.7 Å². The summed E-state index contributed by atoms with van der Waals surface area (Å²) in [7, 11) is 0. The largest absolute Gasteiger partial charge is 0.454 e. The van der Waals surface area contributed by atoms with Crippen LogP contribution in [0.15, 0.2) is 53.3 Å². The van der Waals surface area contributed by atoms with Gasteiger partial charge in [-0.3, -0.25) is 4.79 Å². The van der Waals surface area contributed by atoms with Crippen LogP contribution in [0.25, 0.3) is 10.9 Å². The molecular formula is C24H25N3O3S. The zero-order chi connectivity index (χ0) is 21.2. The first-order valence-electron chi connectivity index (χ1n) is 10.8. The van der Waals surface area contributed by atoms with E-state index in [1.54, 1.807) is 0 Å². The number of hydrogen-bond acceptors (Lipinski definition) is 4. The van der Waals surface area contributed by atoms with Crippen molar-refractivity contribution in [2.45, 2.75) is 44.7 Å². The summed E-state index contributed by atoms with van der Waals surface area (Å²) in [6, 6.07) is 15.9. The van der Waals surface area contributed by atoms with Crippen LogP contribution in [0.3, 0.4) is 0 Å². The third-order valence-corrected chi connectivity index (χ3v) is 6.39. The Bertz CT molecular complexity index is 1160. The number of aromatic nitrogens is 1. The van der Waals surface area contributed by atoms with E-state index in [4.69, 9.17) is 21.7 Å². The van der Waals surface area contributed by atoms with Gasteiger partial charge in [0, 0.05) is 28.7 Å². The maximum absolute atomic E-state index is 12.9. The van der Waals surface area contributed by atoms with Gasteiger partial charge in [0.15, 0.2) is 16.6 Å². The summed E-state index contributed by atoms with van der Waals surface area (Å²) >= 11 is 5.81. The van der Waals surface area contributed by atoms with Crippen molar-refractivity contribution in [2.75, 3.05) is 12.1 Å². The number of benzene rings is 2. The summed E-state index contributed by atoms with van der Waals surface area (Å²) in [5.74, 6) is 1.36. The molecule has 31 heavy (non-hydrogen) atoms. The maximum Gasteiger partial charge on any atom is 0.253 e. The van der Waals surface area contributed by atoms with E-state index < -0.39 is 0 Å². The van der Waals surface area contributed by atoms with Crippen molar-refractivity contribution in [3.8, 4) is 11.5 Å². The smallest absolute Gasteiger partial charge is 0.253 e. The molecule has 3 aromatic rings. The number of nitrogens with one attached hydrogen (secondary N) is 2. The Balaban J connectivity index is 1.46. The van der Waals surface area contributed by atoms with Crippen LogP contribution in [-0.2, 0) is 6.54 Å². The predicted octanol–water partition coefficient (Wildman–Crippen LogP) is 4.79. The number of ether oxygens (including phenoxy) is 2. The topological polar surface area (TPSA) is 66.6 Å². The molecule has 0 saturated heterocycles. The van der Waals surface area contributed by atoms with Crippen LogP contribution in [-0.4, -0.2) is 27.8 Å². The van der Waals surface area contributed by atoms with Crippen LogP contribution < -0.4 is 20.3 Å². The Labute approximate surface area is 186 Å². The summed E-state index contributed by atoms with van der Waals surface area (Å²) in [6.07, 6.45) is 5.80. The number of para-hydroxylation sites is 1. The minimum absolute atomic E-state index is 0.102. The van der Waals surface area contributed by atoms with E-state index in [1.807, 2.05) is 48.5 Å². The van der Waals surface area contributed by atoms with Crippen molar-refractivity contribution < 1.29 is 9.47 Å². The highest BCUT2D eigenvalue weighted by atomic mass is 32.1. The monoisotopic (exact) mass is 435 g/mol. The lowest BCUT2D eigenvalue weighted by Gasteiger charge is -2.36. The predicted molar refractivity (Wildman–Crippen MR) is 126 cm³/mol. The Hall–Kier alpha value is -3.06. The number of H-pyrrole nitrogens is 1. The van der Waals surface area contributed by atoms with Crippen LogP contribution in [0.4, 0.5) is 5.69 Å². The van der Waals surface area contributed by atoms with E-state index in [-0.39, 0.29) is 12.4 Å². The van der Waals surface area contributed by atoms with Crippen molar-refractivity contribution >= 4 is 33.9 Å². The van der Waals surface area contributed by atoms with Crippen LogP contribution in [0, 0.1) is 0 Å². The standard InChI is InChI=1S/C24H25N3O3S/c28-23-17(11-16-12-21-22(30-15-29-21)13-20(16)26-23)14-27(19-9-5-2-6-10-19)24(31)25-18-7-3-1-4-8-18/h1,3-4,7-8,11-13,19H,2,5-6,9-10,14-15H2,(H,25,31)(H,26,28). The lowest BCUT2D eigenvalue weighted by atomic mass is 9.94. The summed E-state index contributed by atoms with van der Waals surface area (Å²) in [5.41, 5.74) is 2.28. The number of fused-ring (bicyclic) bond motifs is 2. The molecular weight excluding hydrogens is 410 g/mol. The van der Waals surface area contributed by atoms with Crippen molar-refractivity contribution in [3.63, 3.8) is 0 Å². The molecule has 5 rings (SSSR count). The van der Waals surface area contributed by atoms with Gasteiger partial charge in [-0.25, -0.2) is 0 Å². The summed E-state index contributed by atoms with van der Waals surface area (Å²) in [4.78, 5) is 18.1. The molecule has 2 N–H and O–H groups in total. The SMILES string of the molecule is O=c1[nH]c2cc3c(cc2cc1CN(C(=S)Nc1ccccc1)C1CCCCC1)OCO3. The van der Waals surface area contributed by atoms with Gasteiger partial charge in [0.25, 0.3) is 5.56 Å². The van der Waals surface area contributed by atoms with E-state index >= 15 is 0 Å². The Kier molecular flexibility index (Phi) is 5.51. The quantitative estimate of drug-likeness (QED) is 0.575. The van der Waals surface area contributed by atoms with Gasteiger partial charge < -0.3 is 24.7 Å². The van der Waals surface area contributed by atoms with Crippen molar-refractivity contribution in [3.05, 3.63) is 64.4 Å². The summed E-state index contributed by atoms with van der Waals surface area (Å²) in [6.45, 7) is 0.667. The van der Waals surface area contributed by atoms with E-state index in [0.717, 1.165) is 29.4 Å². The molecule has 1 aromatic heterocycles. The fourth-order valence-corrected chi connectivity index (χ4v) is 4.75. The third kappa shape index (κ3) is 4.23. The van der Waals surface area contributed by atoms with E-state index in [2.05, 4.69) is 15.2 Å². The second-order valence-electron chi connectivity index (χ2n) is 8.13. The molecule has 2 heterocycles. The molecule has 0 unspecified atom stereocenters. The second-order valence-corrected chi connectivity index (χ2v) is 8.52. The Morgan fingerprint density at radius 2 is 1.81 bits per heavy atom. The average Bonchev–Trinajstić information content (AvgIpc) is 3.24. The van der Waals surface area contributed by atoms with Gasteiger partial charge >= 0.3 is 0 Å². The fourth-order valence-electron chi connectivity index (χ4n) is 4.42. The van der Waals surface area contributed by atoms with Gasteiger partial charge in [-0.05, 0) is 49.3 Å². The number of pyridine rings is 1. The zero-order valence-electron chi connectivity index (χ0n) is 17.2. The minimum atomic E-state index is -0.102. The van der Waals surface area contributed by atoms with Crippen LogP contribution >= 0.6 is 12.2 Å². The molecule has 1 fully saturated rings. The van der Waals surface area contributed by atoms with Crippen molar-refractivity contribution in [2.24, 2.45) is 0 Å². The van der Waals surface area contributed by atoms with Gasteiger partial charge in [-0.15, -0.1) is 0 Å². The minimum Gasteiger partial charge on any atom is -0.454 e. The van der Waals surface area contributed by atoms with Crippen LogP contribution in [0.2, 0.25) is 0 Å². The Morgan fingerprint density at radius 3 is 2.58 bits per heavy atom. The van der Waals surface area contributed by atoms with Gasteiger partial charge in [-0.1, -0.05) is 37.5 Å². The maximum atomic E-state index is 12.9. The summed E-state index contributed by atoms with van der Waals surface area (Å²) in [5, 5.41) is 4.94. The lowest BCUT2D eigenvalue weighted by molar-refractivity contribution is 0.174. The molecule has 0 atom stereocenters. The number of rotatable bonds is 4. The first-order valence-corrected chi connectivity index (χ1v) is 11.2. The third-order valence-electron chi connectivity index (χ3n) is 6.06. The molecule has 1 aliphatic carbocycles. The fraction of sp³-hybridized carbons (Fsp3) is 0.333. The van der Waals surface area contributed by atoms with Crippen molar-refractivity contribution in [1.29, 1.82) is 0 Å². The van der Waals surface area contributed by atoms with Crippen LogP contribution in [0.5, 0.6) is 11.5 Å². The van der Waals surface area contributed by atoms with E-state index in [1.165, 1.54) is 19.3 Å². The van der Waals surface area contributed by atoms with Crippen molar-refractivity contribution in [1.82, 2.24) is 9.88 Å². The number of nitrogens with zero attached hydrogens (tertiary/aromatic N) is 1. The van der Waals surface area contributed by atoms with E-state index in [0.29, 0.717) is 34.8 Å². The molecule has 2 aromatic carbocycles. The molecule has 2 aliphatic rings. The first-order chi connectivity index (χ1) is 15.2.